The molecular weight excluding hydrogens is 773 g/mol. The largest absolute Gasteiger partial charge is 0.550 e. The molecule has 9 aromatic rings. The van der Waals surface area contributed by atoms with Gasteiger partial charge in [-0.1, -0.05) is 127 Å². The maximum atomic E-state index is 11.1. The SMILES string of the molecule is O=C([O-])C12CC3CC(CC(C3)C1)C2.c1ccc2c(-c3ccc([S+](c4ccc(-c5cccc6ccccc56)cc4)c4ccc(-c5cccc6ccccc56)cc4)cc3)cccc2c1. The van der Waals surface area contributed by atoms with E-state index in [0.717, 1.165) is 19.3 Å². The van der Waals surface area contributed by atoms with Crippen molar-refractivity contribution in [2.24, 2.45) is 23.2 Å². The van der Waals surface area contributed by atoms with Gasteiger partial charge in [-0.15, -0.1) is 0 Å². The van der Waals surface area contributed by atoms with Crippen LogP contribution in [0.3, 0.4) is 0 Å². The first-order valence-corrected chi connectivity index (χ1v) is 23.4. The third-order valence-corrected chi connectivity index (χ3v) is 16.3. The number of fused-ring (bicyclic) bond motifs is 3. The van der Waals surface area contributed by atoms with Crippen molar-refractivity contribution in [1.82, 2.24) is 0 Å². The van der Waals surface area contributed by atoms with Crippen molar-refractivity contribution >= 4 is 49.2 Å². The number of carboxylic acids is 1. The van der Waals surface area contributed by atoms with Gasteiger partial charge in [0, 0.05) is 11.4 Å². The summed E-state index contributed by atoms with van der Waals surface area (Å²) in [7, 11) is -0.290. The van der Waals surface area contributed by atoms with Gasteiger partial charge >= 0.3 is 0 Å². The zero-order valence-electron chi connectivity index (χ0n) is 34.8. The number of carbonyl (C=O) groups is 1. The summed E-state index contributed by atoms with van der Waals surface area (Å²) in [4.78, 5) is 15.1. The van der Waals surface area contributed by atoms with Crippen LogP contribution >= 0.6 is 0 Å². The molecule has 0 saturated heterocycles. The van der Waals surface area contributed by atoms with Crippen molar-refractivity contribution in [3.8, 4) is 33.4 Å². The summed E-state index contributed by atoms with van der Waals surface area (Å²) in [5.41, 5.74) is 7.12. The quantitative estimate of drug-likeness (QED) is 0.150. The van der Waals surface area contributed by atoms with Gasteiger partial charge in [-0.2, -0.15) is 0 Å². The minimum Gasteiger partial charge on any atom is -0.550 e. The van der Waals surface area contributed by atoms with Crippen molar-refractivity contribution in [2.75, 3.05) is 0 Å². The summed E-state index contributed by atoms with van der Waals surface area (Å²) in [5.74, 6) is 1.38. The van der Waals surface area contributed by atoms with Crippen LogP contribution in [0.25, 0.3) is 65.7 Å². The minimum absolute atomic E-state index is 0.290. The van der Waals surface area contributed by atoms with Gasteiger partial charge in [0.2, 0.25) is 0 Å². The summed E-state index contributed by atoms with van der Waals surface area (Å²) in [6, 6.07) is 73.4. The van der Waals surface area contributed by atoms with Crippen molar-refractivity contribution in [2.45, 2.75) is 53.2 Å². The van der Waals surface area contributed by atoms with Gasteiger partial charge in [0.1, 0.15) is 0 Å². The highest BCUT2D eigenvalue weighted by atomic mass is 32.2. The first-order valence-electron chi connectivity index (χ1n) is 22.2. The molecule has 4 saturated carbocycles. The number of benzene rings is 9. The Morgan fingerprint density at radius 2 is 0.677 bits per heavy atom. The van der Waals surface area contributed by atoms with Crippen LogP contribution in [0, 0.1) is 23.2 Å². The van der Waals surface area contributed by atoms with Gasteiger partial charge in [-0.3, -0.25) is 0 Å². The summed E-state index contributed by atoms with van der Waals surface area (Å²) in [6.07, 6.45) is 6.65. The highest BCUT2D eigenvalue weighted by Gasteiger charge is 2.51. The Morgan fingerprint density at radius 3 is 0.984 bits per heavy atom. The van der Waals surface area contributed by atoms with Crippen LogP contribution in [-0.2, 0) is 15.7 Å². The maximum absolute atomic E-state index is 11.1. The van der Waals surface area contributed by atoms with Crippen LogP contribution in [-0.4, -0.2) is 5.97 Å². The smallest absolute Gasteiger partial charge is 0.166 e. The predicted octanol–water partition coefficient (Wildman–Crippen LogP) is 14.2. The standard InChI is InChI=1S/C48H33S.C11H16O2/c1-4-16-43-34(10-1)13-7-19-46(43)37-22-28-40(29-23-37)49(41-30-24-38(25-31-41)47-20-8-14-35-11-2-5-17-44(35)47)42-32-26-39(27-33-42)48-21-9-15-36-12-3-6-18-45(36)48;12-10(13)11-4-7-1-8(5-11)3-9(2-7)6-11/h1-33H;7-9H,1-6H2,(H,12,13)/q+1;/p-1. The summed E-state index contributed by atoms with van der Waals surface area (Å²) in [5, 5.41) is 18.8. The van der Waals surface area contributed by atoms with Gasteiger partial charge in [0.05, 0.1) is 10.9 Å². The maximum Gasteiger partial charge on any atom is 0.166 e. The Labute approximate surface area is 367 Å². The Hall–Kier alpha value is -6.42. The monoisotopic (exact) mass is 820 g/mol. The van der Waals surface area contributed by atoms with E-state index in [0.29, 0.717) is 17.8 Å². The fraction of sp³-hybridized carbons (Fsp3) is 0.169. The Kier molecular flexibility index (Phi) is 10.0. The lowest BCUT2D eigenvalue weighted by Crippen LogP contribution is -2.54. The van der Waals surface area contributed by atoms with Crippen LogP contribution in [0.4, 0.5) is 0 Å². The molecule has 4 aliphatic carbocycles. The van der Waals surface area contributed by atoms with E-state index in [1.165, 1.54) is 99.6 Å². The average molecular weight is 821 g/mol. The Bertz CT molecular complexity index is 2730. The number of carbonyl (C=O) groups excluding carboxylic acids is 1. The van der Waals surface area contributed by atoms with E-state index in [4.69, 9.17) is 0 Å². The van der Waals surface area contributed by atoms with Crippen molar-refractivity contribution in [1.29, 1.82) is 0 Å². The van der Waals surface area contributed by atoms with Crippen LogP contribution in [0.1, 0.15) is 38.5 Å². The third kappa shape index (κ3) is 7.19. The van der Waals surface area contributed by atoms with E-state index in [1.807, 2.05) is 0 Å². The lowest BCUT2D eigenvalue weighted by Gasteiger charge is -2.57. The van der Waals surface area contributed by atoms with E-state index < -0.39 is 11.4 Å². The Balaban J connectivity index is 0.000000281. The molecule has 13 rings (SSSR count). The van der Waals surface area contributed by atoms with Crippen molar-refractivity contribution in [3.63, 3.8) is 0 Å². The normalized spacial score (nSPS) is 20.0. The topological polar surface area (TPSA) is 40.1 Å². The van der Waals surface area contributed by atoms with Crippen LogP contribution < -0.4 is 5.11 Å². The first kappa shape index (κ1) is 38.5. The molecule has 0 heterocycles. The molecule has 302 valence electrons. The molecule has 0 aliphatic heterocycles. The highest BCUT2D eigenvalue weighted by Crippen LogP contribution is 2.59. The van der Waals surface area contributed by atoms with Gasteiger partial charge in [-0.05, 0) is 195 Å². The molecule has 4 aliphatic rings. The molecule has 9 aromatic carbocycles. The lowest BCUT2D eigenvalue weighted by atomic mass is 9.49. The van der Waals surface area contributed by atoms with Gasteiger partial charge < -0.3 is 9.90 Å². The van der Waals surface area contributed by atoms with Crippen molar-refractivity contribution < 1.29 is 9.90 Å². The van der Waals surface area contributed by atoms with Crippen LogP contribution in [0.15, 0.2) is 215 Å². The fourth-order valence-electron chi connectivity index (χ4n) is 11.5. The molecule has 4 fully saturated rings. The summed E-state index contributed by atoms with van der Waals surface area (Å²) < 4.78 is 0. The number of hydrogen-bond donors (Lipinski definition) is 0. The second-order valence-electron chi connectivity index (χ2n) is 17.9. The zero-order valence-corrected chi connectivity index (χ0v) is 35.6. The highest BCUT2D eigenvalue weighted by molar-refractivity contribution is 7.97. The van der Waals surface area contributed by atoms with E-state index >= 15 is 0 Å². The summed E-state index contributed by atoms with van der Waals surface area (Å²) >= 11 is 0. The molecule has 0 unspecified atom stereocenters. The fourth-order valence-corrected chi connectivity index (χ4v) is 13.6. The number of carboxylic acid groups (broad SMARTS) is 1. The molecule has 0 spiro atoms. The second-order valence-corrected chi connectivity index (χ2v) is 20.0. The van der Waals surface area contributed by atoms with Gasteiger partial charge in [-0.25, -0.2) is 0 Å². The van der Waals surface area contributed by atoms with Crippen LogP contribution in [0.5, 0.6) is 0 Å². The molecule has 0 atom stereocenters. The lowest BCUT2D eigenvalue weighted by molar-refractivity contribution is -0.327. The van der Waals surface area contributed by atoms with Crippen molar-refractivity contribution in [3.05, 3.63) is 200 Å². The minimum atomic E-state index is -0.758. The van der Waals surface area contributed by atoms with E-state index in [9.17, 15) is 9.90 Å². The number of hydrogen-bond acceptors (Lipinski definition) is 2. The van der Waals surface area contributed by atoms with E-state index in [-0.39, 0.29) is 10.9 Å². The molecule has 0 N–H and O–H groups in total. The summed E-state index contributed by atoms with van der Waals surface area (Å²) in [6.45, 7) is 0. The van der Waals surface area contributed by atoms with Gasteiger partial charge in [0.25, 0.3) is 0 Å². The second kappa shape index (κ2) is 16.1. The molecular formula is C59H48O2S. The molecule has 3 heteroatoms. The number of rotatable bonds is 7. The molecule has 0 aromatic heterocycles. The molecule has 2 nitrogen and oxygen atoms in total. The van der Waals surface area contributed by atoms with Crippen LogP contribution in [0.2, 0.25) is 0 Å². The predicted molar refractivity (Wildman–Crippen MR) is 256 cm³/mol. The number of aliphatic carboxylic acids is 1. The molecule has 4 bridgehead atoms. The third-order valence-electron chi connectivity index (χ3n) is 14.0. The zero-order chi connectivity index (χ0) is 41.6. The first-order chi connectivity index (χ1) is 30.5. The average Bonchev–Trinajstić information content (AvgIpc) is 3.32. The Morgan fingerprint density at radius 1 is 0.387 bits per heavy atom. The van der Waals surface area contributed by atoms with E-state index in [2.05, 4.69) is 200 Å². The molecule has 0 radical (unpaired) electrons. The van der Waals surface area contributed by atoms with Gasteiger partial charge in [0.15, 0.2) is 14.7 Å². The molecule has 0 amide bonds. The van der Waals surface area contributed by atoms with E-state index in [1.54, 1.807) is 0 Å². The molecule has 62 heavy (non-hydrogen) atoms.